The summed E-state index contributed by atoms with van der Waals surface area (Å²) in [5.41, 5.74) is 1.80. The molecule has 1 aromatic carbocycles. The zero-order chi connectivity index (χ0) is 15.7. The molecule has 7 nitrogen and oxygen atoms in total. The van der Waals surface area contributed by atoms with Crippen LogP contribution < -0.4 is 10.6 Å². The lowest BCUT2D eigenvalue weighted by molar-refractivity contribution is 0.165. The number of hydrogen-bond acceptors (Lipinski definition) is 3. The van der Waals surface area contributed by atoms with E-state index in [0.29, 0.717) is 13.1 Å². The fraction of sp³-hybridized carbons (Fsp3) is 0.333. The zero-order valence-electron chi connectivity index (χ0n) is 12.2. The molecule has 3 rings (SSSR count). The predicted molar refractivity (Wildman–Crippen MR) is 81.4 cm³/mol. The van der Waals surface area contributed by atoms with Crippen LogP contribution in [-0.4, -0.2) is 46.3 Å². The second-order valence-corrected chi connectivity index (χ2v) is 5.33. The lowest BCUT2D eigenvalue weighted by Gasteiger charge is -2.16. The molecular weight excluding hydrogens is 284 g/mol. The molecule has 0 unspecified atom stereocenters. The molecule has 1 fully saturated rings. The number of aliphatic hydroxyl groups excluding tert-OH is 1. The molecule has 2 aromatic rings. The summed E-state index contributed by atoms with van der Waals surface area (Å²) in [6.45, 7) is 0.858. The summed E-state index contributed by atoms with van der Waals surface area (Å²) in [4.78, 5) is 24.3. The fourth-order valence-corrected chi connectivity index (χ4v) is 2.57. The number of carbonyl (C=O) groups is 2. The SMILES string of the molecule is Cn1ccc2cc([C@H](O)CNC(=O)N3CCNC3=O)ccc21. The van der Waals surface area contributed by atoms with E-state index in [1.165, 1.54) is 0 Å². The molecule has 1 atom stereocenters. The molecule has 0 spiro atoms. The van der Waals surface area contributed by atoms with Crippen molar-refractivity contribution in [3.63, 3.8) is 0 Å². The van der Waals surface area contributed by atoms with E-state index in [0.717, 1.165) is 21.4 Å². The summed E-state index contributed by atoms with van der Waals surface area (Å²) < 4.78 is 2.00. The van der Waals surface area contributed by atoms with Gasteiger partial charge in [0.25, 0.3) is 0 Å². The summed E-state index contributed by atoms with van der Waals surface area (Å²) in [5.74, 6) is 0. The van der Waals surface area contributed by atoms with Gasteiger partial charge in [-0.1, -0.05) is 6.07 Å². The van der Waals surface area contributed by atoms with E-state index in [1.54, 1.807) is 0 Å². The normalized spacial score (nSPS) is 15.9. The van der Waals surface area contributed by atoms with E-state index >= 15 is 0 Å². The van der Waals surface area contributed by atoms with Crippen molar-refractivity contribution in [2.45, 2.75) is 6.10 Å². The fourth-order valence-electron chi connectivity index (χ4n) is 2.57. The molecule has 4 amide bonds. The molecule has 1 aliphatic heterocycles. The first-order valence-electron chi connectivity index (χ1n) is 7.12. The van der Waals surface area contributed by atoms with Crippen LogP contribution >= 0.6 is 0 Å². The Morgan fingerprint density at radius 1 is 1.45 bits per heavy atom. The van der Waals surface area contributed by atoms with Crippen LogP contribution in [0.2, 0.25) is 0 Å². The smallest absolute Gasteiger partial charge is 0.325 e. The average Bonchev–Trinajstić information content (AvgIpc) is 3.10. The van der Waals surface area contributed by atoms with Gasteiger partial charge in [0.2, 0.25) is 0 Å². The Bertz CT molecular complexity index is 725. The minimum absolute atomic E-state index is 0.0565. The van der Waals surface area contributed by atoms with Crippen LogP contribution in [0.4, 0.5) is 9.59 Å². The van der Waals surface area contributed by atoms with Crippen LogP contribution in [0.25, 0.3) is 10.9 Å². The number of nitrogens with zero attached hydrogens (tertiary/aromatic N) is 2. The van der Waals surface area contributed by atoms with Crippen molar-refractivity contribution in [1.82, 2.24) is 20.1 Å². The zero-order valence-corrected chi connectivity index (χ0v) is 12.2. The van der Waals surface area contributed by atoms with Gasteiger partial charge >= 0.3 is 12.1 Å². The van der Waals surface area contributed by atoms with Gasteiger partial charge < -0.3 is 20.3 Å². The quantitative estimate of drug-likeness (QED) is 0.789. The van der Waals surface area contributed by atoms with Gasteiger partial charge in [-0.25, -0.2) is 14.5 Å². The van der Waals surface area contributed by atoms with Crippen molar-refractivity contribution in [3.8, 4) is 0 Å². The van der Waals surface area contributed by atoms with Gasteiger partial charge in [0.1, 0.15) is 0 Å². The molecular formula is C15H18N4O3. The van der Waals surface area contributed by atoms with Crippen LogP contribution in [0, 0.1) is 0 Å². The number of nitrogens with one attached hydrogen (secondary N) is 2. The van der Waals surface area contributed by atoms with Gasteiger partial charge in [-0.3, -0.25) is 0 Å². The first-order chi connectivity index (χ1) is 10.6. The van der Waals surface area contributed by atoms with E-state index in [1.807, 2.05) is 42.1 Å². The van der Waals surface area contributed by atoms with Gasteiger partial charge in [0.15, 0.2) is 0 Å². The van der Waals surface area contributed by atoms with Gasteiger partial charge in [0, 0.05) is 38.4 Å². The highest BCUT2D eigenvalue weighted by Crippen LogP contribution is 2.20. The Kier molecular flexibility index (Phi) is 3.72. The van der Waals surface area contributed by atoms with Crippen molar-refractivity contribution < 1.29 is 14.7 Å². The van der Waals surface area contributed by atoms with Crippen LogP contribution in [0.3, 0.4) is 0 Å². The Labute approximate surface area is 127 Å². The van der Waals surface area contributed by atoms with E-state index in [-0.39, 0.29) is 6.54 Å². The number of hydrogen-bond donors (Lipinski definition) is 3. The monoisotopic (exact) mass is 302 g/mol. The maximum Gasteiger partial charge on any atom is 0.325 e. The predicted octanol–water partition coefficient (Wildman–Crippen LogP) is 0.946. The third kappa shape index (κ3) is 2.62. The molecule has 0 saturated carbocycles. The number of aromatic nitrogens is 1. The third-order valence-corrected chi connectivity index (χ3v) is 3.84. The van der Waals surface area contributed by atoms with E-state index < -0.39 is 18.2 Å². The molecule has 3 N–H and O–H groups in total. The van der Waals surface area contributed by atoms with Crippen molar-refractivity contribution in [2.24, 2.45) is 7.05 Å². The second-order valence-electron chi connectivity index (χ2n) is 5.33. The standard InChI is InChI=1S/C15H18N4O3/c1-18-6-4-10-8-11(2-3-12(10)18)13(20)9-17-15(22)19-7-5-16-14(19)21/h2-4,6,8,13,20H,5,7,9H2,1H3,(H,16,21)(H,17,22)/t13-/m1/s1. The molecule has 1 aliphatic rings. The summed E-state index contributed by atoms with van der Waals surface area (Å²) in [7, 11) is 1.96. The number of aryl methyl sites for hydroxylation is 1. The molecule has 7 heteroatoms. The van der Waals surface area contributed by atoms with Gasteiger partial charge in [-0.2, -0.15) is 0 Å². The van der Waals surface area contributed by atoms with Gasteiger partial charge in [-0.15, -0.1) is 0 Å². The number of rotatable bonds is 3. The number of fused-ring (bicyclic) bond motifs is 1. The van der Waals surface area contributed by atoms with Crippen LogP contribution in [0.5, 0.6) is 0 Å². The topological polar surface area (TPSA) is 86.6 Å². The highest BCUT2D eigenvalue weighted by molar-refractivity contribution is 5.94. The van der Waals surface area contributed by atoms with E-state index in [2.05, 4.69) is 10.6 Å². The number of amides is 4. The van der Waals surface area contributed by atoms with Crippen molar-refractivity contribution >= 4 is 23.0 Å². The van der Waals surface area contributed by atoms with E-state index in [9.17, 15) is 14.7 Å². The maximum atomic E-state index is 11.8. The lowest BCUT2D eigenvalue weighted by Crippen LogP contribution is -2.43. The first kappa shape index (κ1) is 14.4. The van der Waals surface area contributed by atoms with Gasteiger partial charge in [-0.05, 0) is 29.1 Å². The number of carbonyl (C=O) groups excluding carboxylic acids is 2. The summed E-state index contributed by atoms with van der Waals surface area (Å²) in [5, 5.41) is 16.4. The Balaban J connectivity index is 1.64. The minimum Gasteiger partial charge on any atom is -0.387 e. The third-order valence-electron chi connectivity index (χ3n) is 3.84. The Morgan fingerprint density at radius 2 is 2.27 bits per heavy atom. The summed E-state index contributed by atoms with van der Waals surface area (Å²) in [6.07, 6.45) is 1.13. The molecule has 0 bridgehead atoms. The van der Waals surface area contributed by atoms with Crippen molar-refractivity contribution in [2.75, 3.05) is 19.6 Å². The summed E-state index contributed by atoms with van der Waals surface area (Å²) in [6, 6.07) is 6.74. The summed E-state index contributed by atoms with van der Waals surface area (Å²) >= 11 is 0. The largest absolute Gasteiger partial charge is 0.387 e. The number of imide groups is 1. The second kappa shape index (κ2) is 5.69. The highest BCUT2D eigenvalue weighted by Gasteiger charge is 2.26. The van der Waals surface area contributed by atoms with Crippen LogP contribution in [0.1, 0.15) is 11.7 Å². The van der Waals surface area contributed by atoms with E-state index in [4.69, 9.17) is 0 Å². The number of aliphatic hydroxyl groups is 1. The molecule has 0 radical (unpaired) electrons. The van der Waals surface area contributed by atoms with Crippen LogP contribution in [0.15, 0.2) is 30.5 Å². The van der Waals surface area contributed by atoms with Gasteiger partial charge in [0.05, 0.1) is 6.10 Å². The Hall–Kier alpha value is -2.54. The lowest BCUT2D eigenvalue weighted by atomic mass is 10.1. The van der Waals surface area contributed by atoms with Crippen molar-refractivity contribution in [1.29, 1.82) is 0 Å². The maximum absolute atomic E-state index is 11.8. The van der Waals surface area contributed by atoms with Crippen molar-refractivity contribution in [3.05, 3.63) is 36.0 Å². The molecule has 116 valence electrons. The average molecular weight is 302 g/mol. The Morgan fingerprint density at radius 3 is 3.00 bits per heavy atom. The van der Waals surface area contributed by atoms with Crippen LogP contribution in [-0.2, 0) is 7.05 Å². The molecule has 0 aliphatic carbocycles. The molecule has 1 saturated heterocycles. The number of urea groups is 2. The molecule has 22 heavy (non-hydrogen) atoms. The highest BCUT2D eigenvalue weighted by atomic mass is 16.3. The first-order valence-corrected chi connectivity index (χ1v) is 7.12. The minimum atomic E-state index is -0.820. The molecule has 2 heterocycles. The number of benzene rings is 1. The molecule has 1 aromatic heterocycles.